The van der Waals surface area contributed by atoms with E-state index in [2.05, 4.69) is 10.6 Å². The van der Waals surface area contributed by atoms with Gasteiger partial charge >= 0.3 is 0 Å². The minimum Gasteiger partial charge on any atom is -0.345 e. The van der Waals surface area contributed by atoms with E-state index in [9.17, 15) is 19.2 Å². The van der Waals surface area contributed by atoms with Gasteiger partial charge in [-0.3, -0.25) is 24.5 Å². The number of nitrogens with zero attached hydrogens (tertiary/aromatic N) is 1. The first kappa shape index (κ1) is 17.9. The predicted molar refractivity (Wildman–Crippen MR) is 90.2 cm³/mol. The van der Waals surface area contributed by atoms with Crippen molar-refractivity contribution in [3.63, 3.8) is 0 Å². The van der Waals surface area contributed by atoms with Gasteiger partial charge in [-0.15, -0.1) is 0 Å². The first-order valence-corrected chi connectivity index (χ1v) is 9.41. The van der Waals surface area contributed by atoms with Gasteiger partial charge in [0.25, 0.3) is 0 Å². The number of nitrogens with one attached hydrogen (secondary N) is 2. The molecule has 1 heterocycles. The normalized spacial score (nSPS) is 25.4. The maximum Gasteiger partial charge on any atom is 0.249 e. The van der Waals surface area contributed by atoms with E-state index in [0.29, 0.717) is 12.3 Å². The zero-order valence-electron chi connectivity index (χ0n) is 14.8. The third kappa shape index (κ3) is 4.38. The molecule has 7 nitrogen and oxygen atoms in total. The third-order valence-corrected chi connectivity index (χ3v) is 5.42. The average molecular weight is 349 g/mol. The maximum absolute atomic E-state index is 12.8. The van der Waals surface area contributed by atoms with Crippen molar-refractivity contribution in [3.8, 4) is 0 Å². The highest BCUT2D eigenvalue weighted by molar-refractivity contribution is 6.07. The monoisotopic (exact) mass is 349 g/mol. The summed E-state index contributed by atoms with van der Waals surface area (Å²) in [6, 6.07) is -1.41. The topological polar surface area (TPSA) is 95.6 Å². The molecule has 0 aromatic heterocycles. The molecule has 138 valence electrons. The summed E-state index contributed by atoms with van der Waals surface area (Å²) in [6.45, 7) is 1.66. The second-order valence-electron chi connectivity index (χ2n) is 7.61. The summed E-state index contributed by atoms with van der Waals surface area (Å²) >= 11 is 0. The number of carbonyl (C=O) groups is 4. The lowest BCUT2D eigenvalue weighted by atomic mass is 9.87. The molecule has 1 saturated heterocycles. The first-order valence-electron chi connectivity index (χ1n) is 9.41. The van der Waals surface area contributed by atoms with Crippen molar-refractivity contribution in [3.05, 3.63) is 0 Å². The van der Waals surface area contributed by atoms with Gasteiger partial charge < -0.3 is 10.2 Å². The minimum absolute atomic E-state index is 0.00634. The highest BCUT2D eigenvalue weighted by atomic mass is 16.2. The molecular formula is C18H27N3O4. The van der Waals surface area contributed by atoms with Gasteiger partial charge in [0.1, 0.15) is 12.1 Å². The Morgan fingerprint density at radius 3 is 2.40 bits per heavy atom. The van der Waals surface area contributed by atoms with Crippen molar-refractivity contribution >= 4 is 23.6 Å². The molecule has 3 aliphatic rings. The molecule has 3 fully saturated rings. The number of carbonyl (C=O) groups excluding carboxylic acids is 4. The highest BCUT2D eigenvalue weighted by Gasteiger charge is 2.45. The standard InChI is InChI=1S/C18H27N3O4/c1-11(19-15(22)9-12-5-3-2-4-6-12)18(25)21(13-7-8-13)14-10-16(23)20-17(14)24/h11-14H,2-10H2,1H3,(H,19,22)(H,20,23,24)/t11-,14+/m0/s1. The van der Waals surface area contributed by atoms with Gasteiger partial charge in [0.2, 0.25) is 23.6 Å². The molecule has 0 aromatic carbocycles. The third-order valence-electron chi connectivity index (χ3n) is 5.42. The van der Waals surface area contributed by atoms with E-state index in [4.69, 9.17) is 0 Å². The van der Waals surface area contributed by atoms with E-state index in [1.54, 1.807) is 6.92 Å². The van der Waals surface area contributed by atoms with Crippen LogP contribution in [0.5, 0.6) is 0 Å². The van der Waals surface area contributed by atoms with E-state index < -0.39 is 18.0 Å². The first-order chi connectivity index (χ1) is 12.0. The predicted octanol–water partition coefficient (Wildman–Crippen LogP) is 0.868. The molecular weight excluding hydrogens is 322 g/mol. The van der Waals surface area contributed by atoms with Crippen LogP contribution in [0, 0.1) is 5.92 Å². The van der Waals surface area contributed by atoms with Gasteiger partial charge in [0.15, 0.2) is 0 Å². The molecule has 0 radical (unpaired) electrons. The SMILES string of the molecule is C[C@H](NC(=O)CC1CCCCC1)C(=O)N(C1CC1)[C@@H]1CC(=O)NC1=O. The zero-order valence-corrected chi connectivity index (χ0v) is 14.8. The molecule has 0 unspecified atom stereocenters. The largest absolute Gasteiger partial charge is 0.345 e. The molecule has 1 aliphatic heterocycles. The Bertz CT molecular complexity index is 567. The molecule has 2 N–H and O–H groups in total. The van der Waals surface area contributed by atoms with Crippen molar-refractivity contribution in [2.24, 2.45) is 5.92 Å². The van der Waals surface area contributed by atoms with Crippen LogP contribution >= 0.6 is 0 Å². The van der Waals surface area contributed by atoms with E-state index in [0.717, 1.165) is 25.7 Å². The van der Waals surface area contributed by atoms with Crippen LogP contribution in [0.15, 0.2) is 0 Å². The summed E-state index contributed by atoms with van der Waals surface area (Å²) in [5.74, 6) is -0.716. The quantitative estimate of drug-likeness (QED) is 0.696. The summed E-state index contributed by atoms with van der Waals surface area (Å²) in [7, 11) is 0. The van der Waals surface area contributed by atoms with Crippen LogP contribution in [0.3, 0.4) is 0 Å². The number of amides is 4. The summed E-state index contributed by atoms with van der Waals surface area (Å²) in [5, 5.41) is 5.05. The molecule has 7 heteroatoms. The van der Waals surface area contributed by atoms with Crippen molar-refractivity contribution < 1.29 is 19.2 Å². The Morgan fingerprint density at radius 1 is 1.16 bits per heavy atom. The maximum atomic E-state index is 12.8. The van der Waals surface area contributed by atoms with Crippen molar-refractivity contribution in [1.29, 1.82) is 0 Å². The molecule has 3 rings (SSSR count). The Hall–Kier alpha value is -1.92. The number of hydrogen-bond acceptors (Lipinski definition) is 4. The second-order valence-corrected chi connectivity index (χ2v) is 7.61. The summed E-state index contributed by atoms with van der Waals surface area (Å²) < 4.78 is 0. The van der Waals surface area contributed by atoms with Crippen LogP contribution in [-0.2, 0) is 19.2 Å². The average Bonchev–Trinajstić information content (AvgIpc) is 3.34. The molecule has 2 saturated carbocycles. The fraction of sp³-hybridized carbons (Fsp3) is 0.778. The fourth-order valence-corrected chi connectivity index (χ4v) is 3.94. The van der Waals surface area contributed by atoms with E-state index >= 15 is 0 Å². The molecule has 4 amide bonds. The van der Waals surface area contributed by atoms with Gasteiger partial charge in [0, 0.05) is 12.5 Å². The molecule has 0 spiro atoms. The van der Waals surface area contributed by atoms with Crippen molar-refractivity contribution in [1.82, 2.24) is 15.5 Å². The van der Waals surface area contributed by atoms with E-state index in [1.165, 1.54) is 24.2 Å². The molecule has 2 atom stereocenters. The lowest BCUT2D eigenvalue weighted by molar-refractivity contribution is -0.142. The van der Waals surface area contributed by atoms with Gasteiger partial charge in [-0.1, -0.05) is 19.3 Å². The Labute approximate surface area is 147 Å². The van der Waals surface area contributed by atoms with E-state index in [-0.39, 0.29) is 30.2 Å². The highest BCUT2D eigenvalue weighted by Crippen LogP contribution is 2.31. The molecule has 2 aliphatic carbocycles. The lowest BCUT2D eigenvalue weighted by Gasteiger charge is -2.30. The van der Waals surface area contributed by atoms with Crippen LogP contribution < -0.4 is 10.6 Å². The van der Waals surface area contributed by atoms with Gasteiger partial charge in [-0.25, -0.2) is 0 Å². The summed E-state index contributed by atoms with van der Waals surface area (Å²) in [6.07, 6.45) is 7.90. The zero-order chi connectivity index (χ0) is 18.0. The van der Waals surface area contributed by atoms with Gasteiger partial charge in [-0.05, 0) is 38.5 Å². The number of rotatable bonds is 6. The van der Waals surface area contributed by atoms with Gasteiger partial charge in [-0.2, -0.15) is 0 Å². The number of imide groups is 1. The van der Waals surface area contributed by atoms with Gasteiger partial charge in [0.05, 0.1) is 6.42 Å². The molecule has 25 heavy (non-hydrogen) atoms. The Kier molecular flexibility index (Phi) is 5.39. The van der Waals surface area contributed by atoms with Crippen LogP contribution in [-0.4, -0.2) is 46.7 Å². The van der Waals surface area contributed by atoms with Crippen LogP contribution in [0.2, 0.25) is 0 Å². The minimum atomic E-state index is -0.731. The van der Waals surface area contributed by atoms with Crippen molar-refractivity contribution in [2.75, 3.05) is 0 Å². The Morgan fingerprint density at radius 2 is 1.84 bits per heavy atom. The van der Waals surface area contributed by atoms with Crippen LogP contribution in [0.4, 0.5) is 0 Å². The van der Waals surface area contributed by atoms with Crippen LogP contribution in [0.1, 0.15) is 64.7 Å². The summed E-state index contributed by atoms with van der Waals surface area (Å²) in [4.78, 5) is 50.0. The van der Waals surface area contributed by atoms with Crippen LogP contribution in [0.25, 0.3) is 0 Å². The summed E-state index contributed by atoms with van der Waals surface area (Å²) in [5.41, 5.74) is 0. The second kappa shape index (κ2) is 7.54. The Balaban J connectivity index is 1.56. The molecule has 0 bridgehead atoms. The smallest absolute Gasteiger partial charge is 0.249 e. The number of hydrogen-bond donors (Lipinski definition) is 2. The lowest BCUT2D eigenvalue weighted by Crippen LogP contribution is -2.53. The fourth-order valence-electron chi connectivity index (χ4n) is 3.94. The molecule has 0 aromatic rings. The van der Waals surface area contributed by atoms with Crippen molar-refractivity contribution in [2.45, 2.75) is 82.8 Å². The van der Waals surface area contributed by atoms with E-state index in [1.807, 2.05) is 0 Å².